The Bertz CT molecular complexity index is 478. The summed E-state index contributed by atoms with van der Waals surface area (Å²) in [6, 6.07) is 6.30. The molecule has 1 fully saturated rings. The van der Waals surface area contributed by atoms with Gasteiger partial charge in [0.2, 0.25) is 5.91 Å². The van der Waals surface area contributed by atoms with Crippen LogP contribution >= 0.6 is 15.9 Å². The van der Waals surface area contributed by atoms with E-state index >= 15 is 0 Å². The Hall–Kier alpha value is -1.07. The molecule has 4 nitrogen and oxygen atoms in total. The molecule has 1 aliphatic rings. The molecule has 1 heterocycles. The first-order valence-electron chi connectivity index (χ1n) is 6.57. The van der Waals surface area contributed by atoms with Crippen LogP contribution in [0.5, 0.6) is 0 Å². The van der Waals surface area contributed by atoms with Gasteiger partial charge in [-0.1, -0.05) is 22.0 Å². The first-order chi connectivity index (χ1) is 9.04. The van der Waals surface area contributed by atoms with Crippen LogP contribution in [0.1, 0.15) is 18.9 Å². The van der Waals surface area contributed by atoms with E-state index in [1.807, 2.05) is 0 Å². The van der Waals surface area contributed by atoms with E-state index < -0.39 is 0 Å². The van der Waals surface area contributed by atoms with Gasteiger partial charge in [-0.05, 0) is 44.5 Å². The second kappa shape index (κ2) is 5.92. The molecular formula is C14H20BrN3O. The molecule has 0 aromatic heterocycles. The number of aryl methyl sites for hydroxylation is 1. The van der Waals surface area contributed by atoms with Crippen molar-refractivity contribution in [3.8, 4) is 0 Å². The number of carbonyl (C=O) groups is 1. The van der Waals surface area contributed by atoms with Crippen LogP contribution in [-0.4, -0.2) is 31.1 Å². The Morgan fingerprint density at radius 1 is 1.53 bits per heavy atom. The van der Waals surface area contributed by atoms with Crippen LogP contribution in [0.15, 0.2) is 22.7 Å². The molecule has 5 heteroatoms. The molecule has 0 bridgehead atoms. The third-order valence-corrected chi connectivity index (χ3v) is 4.43. The minimum atomic E-state index is -0.177. The van der Waals surface area contributed by atoms with Crippen molar-refractivity contribution in [2.24, 2.45) is 5.73 Å². The maximum Gasteiger partial charge on any atom is 0.242 e. The Labute approximate surface area is 122 Å². The molecule has 2 rings (SSSR count). The maximum absolute atomic E-state index is 12.0. The van der Waals surface area contributed by atoms with Crippen molar-refractivity contribution in [3.63, 3.8) is 0 Å². The lowest BCUT2D eigenvalue weighted by Crippen LogP contribution is -2.60. The zero-order chi connectivity index (χ0) is 14.0. The van der Waals surface area contributed by atoms with Crippen molar-refractivity contribution in [1.82, 2.24) is 5.32 Å². The molecule has 1 aromatic rings. The summed E-state index contributed by atoms with van der Waals surface area (Å²) in [6.45, 7) is 5.36. The van der Waals surface area contributed by atoms with Gasteiger partial charge in [0.05, 0.1) is 0 Å². The summed E-state index contributed by atoms with van der Waals surface area (Å²) in [5.41, 5.74) is 7.90. The molecule has 104 valence electrons. The first kappa shape index (κ1) is 14.3. The van der Waals surface area contributed by atoms with Crippen molar-refractivity contribution >= 4 is 27.5 Å². The zero-order valence-corrected chi connectivity index (χ0v) is 12.9. The molecule has 1 aromatic carbocycles. The van der Waals surface area contributed by atoms with Crippen LogP contribution in [-0.2, 0) is 4.79 Å². The molecule has 0 aliphatic carbocycles. The van der Waals surface area contributed by atoms with Gasteiger partial charge in [0.25, 0.3) is 0 Å². The standard InChI is InChI=1S/C14H20BrN3O/c1-9-3-4-11(7-12(9)15)18-10(2)8-17-14(19)13(18)5-6-16/h3-4,7,10,13H,5-6,8,16H2,1-2H3,(H,17,19). The summed E-state index contributed by atoms with van der Waals surface area (Å²) in [5.74, 6) is 0.0697. The van der Waals surface area contributed by atoms with Gasteiger partial charge in [-0.3, -0.25) is 4.79 Å². The monoisotopic (exact) mass is 325 g/mol. The van der Waals surface area contributed by atoms with E-state index in [1.165, 1.54) is 5.56 Å². The molecular weight excluding hydrogens is 306 g/mol. The van der Waals surface area contributed by atoms with Gasteiger partial charge < -0.3 is 16.0 Å². The lowest BCUT2D eigenvalue weighted by molar-refractivity contribution is -0.123. The highest BCUT2D eigenvalue weighted by molar-refractivity contribution is 9.10. The average molecular weight is 326 g/mol. The van der Waals surface area contributed by atoms with Gasteiger partial charge in [0.15, 0.2) is 0 Å². The Balaban J connectivity index is 2.36. The number of hydrogen-bond acceptors (Lipinski definition) is 3. The molecule has 3 N–H and O–H groups in total. The minimum absolute atomic E-state index is 0.0697. The van der Waals surface area contributed by atoms with E-state index in [0.717, 1.165) is 10.2 Å². The molecule has 1 amide bonds. The van der Waals surface area contributed by atoms with Crippen molar-refractivity contribution in [2.75, 3.05) is 18.0 Å². The van der Waals surface area contributed by atoms with Crippen LogP contribution < -0.4 is 16.0 Å². The second-order valence-corrected chi connectivity index (χ2v) is 5.88. The van der Waals surface area contributed by atoms with E-state index in [4.69, 9.17) is 5.73 Å². The fraction of sp³-hybridized carbons (Fsp3) is 0.500. The number of benzene rings is 1. The van der Waals surface area contributed by atoms with E-state index in [9.17, 15) is 4.79 Å². The zero-order valence-electron chi connectivity index (χ0n) is 11.3. The van der Waals surface area contributed by atoms with Crippen LogP contribution in [0, 0.1) is 6.92 Å². The van der Waals surface area contributed by atoms with E-state index in [2.05, 4.69) is 58.2 Å². The number of rotatable bonds is 3. The van der Waals surface area contributed by atoms with Crippen molar-refractivity contribution < 1.29 is 4.79 Å². The topological polar surface area (TPSA) is 58.4 Å². The molecule has 0 radical (unpaired) electrons. The predicted molar refractivity (Wildman–Crippen MR) is 81.3 cm³/mol. The fourth-order valence-electron chi connectivity index (χ4n) is 2.50. The molecule has 2 unspecified atom stereocenters. The SMILES string of the molecule is Cc1ccc(N2C(C)CNC(=O)C2CCN)cc1Br. The summed E-state index contributed by atoms with van der Waals surface area (Å²) in [7, 11) is 0. The lowest BCUT2D eigenvalue weighted by Gasteiger charge is -2.41. The summed E-state index contributed by atoms with van der Waals surface area (Å²) in [5, 5.41) is 2.94. The van der Waals surface area contributed by atoms with Gasteiger partial charge >= 0.3 is 0 Å². The molecule has 0 spiro atoms. The summed E-state index contributed by atoms with van der Waals surface area (Å²) < 4.78 is 1.06. The third kappa shape index (κ3) is 2.92. The average Bonchev–Trinajstić information content (AvgIpc) is 2.38. The largest absolute Gasteiger partial charge is 0.355 e. The molecule has 1 saturated heterocycles. The van der Waals surface area contributed by atoms with Gasteiger partial charge in [-0.2, -0.15) is 0 Å². The predicted octanol–water partition coefficient (Wildman–Crippen LogP) is 1.80. The number of halogens is 1. The Kier molecular flexibility index (Phi) is 4.47. The van der Waals surface area contributed by atoms with E-state index in [1.54, 1.807) is 0 Å². The highest BCUT2D eigenvalue weighted by Crippen LogP contribution is 2.28. The number of nitrogens with one attached hydrogen (secondary N) is 1. The smallest absolute Gasteiger partial charge is 0.242 e. The number of carbonyl (C=O) groups excluding carboxylic acids is 1. The van der Waals surface area contributed by atoms with Gasteiger partial charge in [0.1, 0.15) is 6.04 Å². The summed E-state index contributed by atoms with van der Waals surface area (Å²) >= 11 is 3.55. The quantitative estimate of drug-likeness (QED) is 0.890. The summed E-state index contributed by atoms with van der Waals surface area (Å²) in [6.07, 6.45) is 0.668. The number of amides is 1. The fourth-order valence-corrected chi connectivity index (χ4v) is 2.87. The lowest BCUT2D eigenvalue weighted by atomic mass is 10.0. The van der Waals surface area contributed by atoms with Crippen molar-refractivity contribution in [3.05, 3.63) is 28.2 Å². The van der Waals surface area contributed by atoms with Crippen LogP contribution in [0.2, 0.25) is 0 Å². The Morgan fingerprint density at radius 2 is 2.26 bits per heavy atom. The number of nitrogens with two attached hydrogens (primary N) is 1. The van der Waals surface area contributed by atoms with Crippen LogP contribution in [0.3, 0.4) is 0 Å². The van der Waals surface area contributed by atoms with Gasteiger partial charge in [-0.15, -0.1) is 0 Å². The highest BCUT2D eigenvalue weighted by atomic mass is 79.9. The number of nitrogens with zero attached hydrogens (tertiary/aromatic N) is 1. The van der Waals surface area contributed by atoms with Crippen molar-refractivity contribution in [2.45, 2.75) is 32.4 Å². The number of piperazine rings is 1. The van der Waals surface area contributed by atoms with Gasteiger partial charge in [-0.25, -0.2) is 0 Å². The first-order valence-corrected chi connectivity index (χ1v) is 7.36. The van der Waals surface area contributed by atoms with E-state index in [-0.39, 0.29) is 18.0 Å². The number of hydrogen-bond donors (Lipinski definition) is 2. The Morgan fingerprint density at radius 3 is 2.89 bits per heavy atom. The third-order valence-electron chi connectivity index (χ3n) is 3.58. The van der Waals surface area contributed by atoms with E-state index in [0.29, 0.717) is 19.5 Å². The molecule has 2 atom stereocenters. The summed E-state index contributed by atoms with van der Waals surface area (Å²) in [4.78, 5) is 14.2. The second-order valence-electron chi connectivity index (χ2n) is 5.03. The van der Waals surface area contributed by atoms with Crippen LogP contribution in [0.25, 0.3) is 0 Å². The molecule has 19 heavy (non-hydrogen) atoms. The van der Waals surface area contributed by atoms with Crippen LogP contribution in [0.4, 0.5) is 5.69 Å². The molecule has 1 aliphatic heterocycles. The molecule has 0 saturated carbocycles. The van der Waals surface area contributed by atoms with Gasteiger partial charge in [0, 0.05) is 22.7 Å². The highest BCUT2D eigenvalue weighted by Gasteiger charge is 2.33. The minimum Gasteiger partial charge on any atom is -0.355 e. The number of anilines is 1. The normalized spacial score (nSPS) is 23.4. The van der Waals surface area contributed by atoms with Crippen molar-refractivity contribution in [1.29, 1.82) is 0 Å². The maximum atomic E-state index is 12.0.